The predicted molar refractivity (Wildman–Crippen MR) is 102 cm³/mol. The minimum Gasteiger partial charge on any atom is -0.324 e. The van der Waals surface area contributed by atoms with E-state index in [1.807, 2.05) is 0 Å². The smallest absolute Gasteiger partial charge is 0.269 e. The number of benzene rings is 2. The number of hydrogen-bond donors (Lipinski definition) is 0. The van der Waals surface area contributed by atoms with Gasteiger partial charge >= 0.3 is 0 Å². The highest BCUT2D eigenvalue weighted by atomic mass is 35.5. The Morgan fingerprint density at radius 2 is 1.89 bits per heavy atom. The van der Waals surface area contributed by atoms with Crippen molar-refractivity contribution in [1.29, 1.82) is 0 Å². The molecule has 2 amide bonds. The van der Waals surface area contributed by atoms with Crippen LogP contribution >= 0.6 is 23.2 Å². The summed E-state index contributed by atoms with van der Waals surface area (Å²) in [6.45, 7) is 0.582. The first-order valence-corrected chi connectivity index (χ1v) is 8.91. The third kappa shape index (κ3) is 4.20. The van der Waals surface area contributed by atoms with Crippen LogP contribution in [0.5, 0.6) is 0 Å². The molecule has 7 nitrogen and oxygen atoms in total. The van der Waals surface area contributed by atoms with E-state index in [0.717, 1.165) is 6.42 Å². The van der Waals surface area contributed by atoms with Crippen LogP contribution in [-0.2, 0) is 4.79 Å². The number of carbonyl (C=O) groups excluding carboxylic acids is 2. The van der Waals surface area contributed by atoms with Gasteiger partial charge in [-0.15, -0.1) is 0 Å². The highest BCUT2D eigenvalue weighted by molar-refractivity contribution is 6.37. The topological polar surface area (TPSA) is 83.8 Å². The molecule has 1 aliphatic rings. The van der Waals surface area contributed by atoms with Crippen LogP contribution in [0.3, 0.4) is 0 Å². The fraction of sp³-hybridized carbons (Fsp3) is 0.222. The number of likely N-dealkylation sites (tertiary alicyclic amines) is 1. The van der Waals surface area contributed by atoms with Gasteiger partial charge in [-0.3, -0.25) is 24.6 Å². The van der Waals surface area contributed by atoms with Gasteiger partial charge in [0.1, 0.15) is 6.67 Å². The Kier molecular flexibility index (Phi) is 5.62. The van der Waals surface area contributed by atoms with E-state index in [0.29, 0.717) is 23.7 Å². The Morgan fingerprint density at radius 1 is 1.19 bits per heavy atom. The van der Waals surface area contributed by atoms with Crippen LogP contribution in [0, 0.1) is 10.1 Å². The van der Waals surface area contributed by atoms with E-state index in [1.54, 1.807) is 11.0 Å². The number of nitro groups is 1. The molecule has 0 radical (unpaired) electrons. The Labute approximate surface area is 165 Å². The molecule has 9 heteroatoms. The number of anilines is 1. The van der Waals surface area contributed by atoms with Crippen LogP contribution in [-0.4, -0.2) is 34.9 Å². The standard InChI is InChI=1S/C18H15Cl2N3O4/c19-12-3-8-15(16(20)10-12)18(25)22(11-21-9-1-2-17(21)24)13-4-6-14(7-5-13)23(26)27/h3-8,10H,1-2,9,11H2. The van der Waals surface area contributed by atoms with Crippen molar-refractivity contribution in [3.63, 3.8) is 0 Å². The zero-order chi connectivity index (χ0) is 19.6. The minimum absolute atomic E-state index is 0.0361. The van der Waals surface area contributed by atoms with Gasteiger partial charge in [0.15, 0.2) is 0 Å². The molecule has 0 aromatic heterocycles. The first-order chi connectivity index (χ1) is 12.9. The summed E-state index contributed by atoms with van der Waals surface area (Å²) in [4.78, 5) is 38.4. The third-order valence-electron chi connectivity index (χ3n) is 4.26. The van der Waals surface area contributed by atoms with Crippen molar-refractivity contribution in [1.82, 2.24) is 4.90 Å². The molecule has 0 atom stereocenters. The summed E-state index contributed by atoms with van der Waals surface area (Å²) in [6, 6.07) is 10.1. The van der Waals surface area contributed by atoms with Gasteiger partial charge in [-0.2, -0.15) is 0 Å². The van der Waals surface area contributed by atoms with Gasteiger partial charge in [-0.25, -0.2) is 0 Å². The Morgan fingerprint density at radius 3 is 2.44 bits per heavy atom. The normalized spacial score (nSPS) is 13.7. The zero-order valence-electron chi connectivity index (χ0n) is 14.1. The van der Waals surface area contributed by atoms with Crippen molar-refractivity contribution in [2.24, 2.45) is 0 Å². The summed E-state index contributed by atoms with van der Waals surface area (Å²) >= 11 is 12.1. The lowest BCUT2D eigenvalue weighted by Gasteiger charge is -2.28. The van der Waals surface area contributed by atoms with Gasteiger partial charge in [0.2, 0.25) is 5.91 Å². The van der Waals surface area contributed by atoms with Gasteiger partial charge in [0.05, 0.1) is 15.5 Å². The van der Waals surface area contributed by atoms with Crippen LogP contribution in [0.15, 0.2) is 42.5 Å². The number of nitrogens with zero attached hydrogens (tertiary/aromatic N) is 3. The molecule has 0 saturated carbocycles. The van der Waals surface area contributed by atoms with Gasteiger partial charge in [0.25, 0.3) is 11.6 Å². The molecule has 140 valence electrons. The lowest BCUT2D eigenvalue weighted by molar-refractivity contribution is -0.384. The van der Waals surface area contributed by atoms with Gasteiger partial charge in [0, 0.05) is 35.8 Å². The second-order valence-corrected chi connectivity index (χ2v) is 6.88. The molecule has 0 aliphatic carbocycles. The average molecular weight is 408 g/mol. The summed E-state index contributed by atoms with van der Waals surface area (Å²) in [6.07, 6.45) is 1.16. The lowest BCUT2D eigenvalue weighted by Crippen LogP contribution is -2.42. The third-order valence-corrected chi connectivity index (χ3v) is 4.81. The summed E-state index contributed by atoms with van der Waals surface area (Å²) in [5, 5.41) is 11.5. The van der Waals surface area contributed by atoms with Crippen LogP contribution in [0.2, 0.25) is 10.0 Å². The van der Waals surface area contributed by atoms with Crippen molar-refractivity contribution in [2.45, 2.75) is 12.8 Å². The second kappa shape index (κ2) is 7.94. The molecule has 2 aromatic carbocycles. The summed E-state index contributed by atoms with van der Waals surface area (Å²) in [5.41, 5.74) is 0.565. The summed E-state index contributed by atoms with van der Waals surface area (Å²) < 4.78 is 0. The van der Waals surface area contributed by atoms with Gasteiger partial charge in [-0.05, 0) is 36.8 Å². The van der Waals surface area contributed by atoms with E-state index in [2.05, 4.69) is 0 Å². The maximum absolute atomic E-state index is 13.1. The molecule has 0 N–H and O–H groups in total. The molecule has 2 aromatic rings. The molecule has 1 heterocycles. The number of carbonyl (C=O) groups is 2. The Balaban J connectivity index is 1.96. The molecule has 1 aliphatic heterocycles. The monoisotopic (exact) mass is 407 g/mol. The lowest BCUT2D eigenvalue weighted by atomic mass is 10.1. The molecule has 1 saturated heterocycles. The van der Waals surface area contributed by atoms with Crippen molar-refractivity contribution in [3.8, 4) is 0 Å². The predicted octanol–water partition coefficient (Wildman–Crippen LogP) is 4.13. The van der Waals surface area contributed by atoms with E-state index in [9.17, 15) is 19.7 Å². The maximum Gasteiger partial charge on any atom is 0.269 e. The second-order valence-electron chi connectivity index (χ2n) is 6.03. The van der Waals surface area contributed by atoms with E-state index in [1.165, 1.54) is 41.3 Å². The first-order valence-electron chi connectivity index (χ1n) is 8.16. The van der Waals surface area contributed by atoms with E-state index < -0.39 is 10.8 Å². The first kappa shape index (κ1) is 19.1. The van der Waals surface area contributed by atoms with Crippen molar-refractivity contribution < 1.29 is 14.5 Å². The molecular formula is C18H15Cl2N3O4. The number of amides is 2. The Bertz CT molecular complexity index is 902. The van der Waals surface area contributed by atoms with Gasteiger partial charge < -0.3 is 4.90 Å². The van der Waals surface area contributed by atoms with Crippen LogP contribution < -0.4 is 4.90 Å². The van der Waals surface area contributed by atoms with Crippen LogP contribution in [0.1, 0.15) is 23.2 Å². The Hall–Kier alpha value is -2.64. The highest BCUT2D eigenvalue weighted by Gasteiger charge is 2.27. The van der Waals surface area contributed by atoms with Crippen molar-refractivity contribution in [3.05, 3.63) is 68.2 Å². The van der Waals surface area contributed by atoms with Crippen molar-refractivity contribution >= 4 is 46.4 Å². The highest BCUT2D eigenvalue weighted by Crippen LogP contribution is 2.27. The average Bonchev–Trinajstić information content (AvgIpc) is 3.04. The number of rotatable bonds is 5. The molecule has 3 rings (SSSR count). The summed E-state index contributed by atoms with van der Waals surface area (Å²) in [7, 11) is 0. The largest absolute Gasteiger partial charge is 0.324 e. The number of hydrogen-bond acceptors (Lipinski definition) is 4. The van der Waals surface area contributed by atoms with Crippen LogP contribution in [0.25, 0.3) is 0 Å². The van der Waals surface area contributed by atoms with E-state index in [4.69, 9.17) is 23.2 Å². The van der Waals surface area contributed by atoms with Crippen LogP contribution in [0.4, 0.5) is 11.4 Å². The quantitative estimate of drug-likeness (QED) is 0.550. The number of nitro benzene ring substituents is 1. The molecule has 0 unspecified atom stereocenters. The molecular weight excluding hydrogens is 393 g/mol. The fourth-order valence-electron chi connectivity index (χ4n) is 2.85. The van der Waals surface area contributed by atoms with E-state index >= 15 is 0 Å². The minimum atomic E-state index is -0.518. The number of halogens is 2. The zero-order valence-corrected chi connectivity index (χ0v) is 15.6. The molecule has 0 bridgehead atoms. The molecule has 1 fully saturated rings. The molecule has 0 spiro atoms. The summed E-state index contributed by atoms with van der Waals surface area (Å²) in [5.74, 6) is -0.470. The SMILES string of the molecule is O=C1CCCN1CN(C(=O)c1ccc(Cl)cc1Cl)c1ccc([N+](=O)[O-])cc1. The molecule has 27 heavy (non-hydrogen) atoms. The van der Waals surface area contributed by atoms with Gasteiger partial charge in [-0.1, -0.05) is 23.2 Å². The van der Waals surface area contributed by atoms with E-state index in [-0.39, 0.29) is 28.8 Å². The van der Waals surface area contributed by atoms with Crippen molar-refractivity contribution in [2.75, 3.05) is 18.1 Å². The number of non-ortho nitro benzene ring substituents is 1. The maximum atomic E-state index is 13.1. The fourth-order valence-corrected chi connectivity index (χ4v) is 3.34.